The van der Waals surface area contributed by atoms with Gasteiger partial charge in [0.15, 0.2) is 0 Å². The topological polar surface area (TPSA) is 75.4 Å². The molecule has 0 atom stereocenters. The van der Waals surface area contributed by atoms with Crippen LogP contribution in [0.5, 0.6) is 0 Å². The summed E-state index contributed by atoms with van der Waals surface area (Å²) >= 11 is 0. The van der Waals surface area contributed by atoms with Gasteiger partial charge in [0.05, 0.1) is 18.3 Å². The van der Waals surface area contributed by atoms with Gasteiger partial charge in [0.1, 0.15) is 0 Å². The molecule has 6 heteroatoms. The Hall–Kier alpha value is -2.44. The van der Waals surface area contributed by atoms with Gasteiger partial charge in [-0.2, -0.15) is 5.10 Å². The Morgan fingerprint density at radius 1 is 1.05 bits per heavy atom. The highest BCUT2D eigenvalue weighted by atomic mass is 16.4. The summed E-state index contributed by atoms with van der Waals surface area (Å²) < 4.78 is 1.75. The zero-order valence-corrected chi connectivity index (χ0v) is 11.2. The molecule has 0 radical (unpaired) electrons. The maximum Gasteiger partial charge on any atom is 0.488 e. The maximum atomic E-state index is 11.8. The van der Waals surface area contributed by atoms with Gasteiger partial charge in [-0.3, -0.25) is 9.48 Å². The normalized spacial score (nSPS) is 10.8. The van der Waals surface area contributed by atoms with E-state index in [9.17, 15) is 4.79 Å². The monoisotopic (exact) mass is 280 g/mol. The van der Waals surface area contributed by atoms with Gasteiger partial charge in [-0.15, -0.1) is 0 Å². The van der Waals surface area contributed by atoms with Gasteiger partial charge in [-0.05, 0) is 23.2 Å². The molecule has 5 nitrogen and oxygen atoms in total. The Morgan fingerprint density at radius 3 is 2.48 bits per heavy atom. The van der Waals surface area contributed by atoms with Crippen molar-refractivity contribution < 1.29 is 10.0 Å². The van der Waals surface area contributed by atoms with E-state index in [-0.39, 0.29) is 5.43 Å². The molecule has 0 fully saturated rings. The first-order chi connectivity index (χ1) is 10.1. The van der Waals surface area contributed by atoms with Gasteiger partial charge in [-0.25, -0.2) is 0 Å². The number of nitrogens with zero attached hydrogens (tertiary/aromatic N) is 2. The van der Waals surface area contributed by atoms with Crippen LogP contribution in [0.2, 0.25) is 0 Å². The zero-order chi connectivity index (χ0) is 14.8. The highest BCUT2D eigenvalue weighted by molar-refractivity contribution is 6.58. The highest BCUT2D eigenvalue weighted by Crippen LogP contribution is 2.10. The van der Waals surface area contributed by atoms with E-state index in [1.807, 2.05) is 30.3 Å². The number of rotatable bonds is 3. The third kappa shape index (κ3) is 2.72. The maximum absolute atomic E-state index is 11.8. The third-order valence-corrected chi connectivity index (χ3v) is 3.37. The number of fused-ring (bicyclic) bond motifs is 1. The Labute approximate surface area is 121 Å². The Balaban J connectivity index is 1.98. The standard InChI is InChI=1S/C15H13BN2O3/c19-15-9-17-18(14-4-2-1-3-13(14)15)10-11-5-7-12(8-6-11)16(20)21/h1-9,20-21H,10H2. The molecule has 104 valence electrons. The van der Waals surface area contributed by atoms with Gasteiger partial charge in [0, 0.05) is 5.39 Å². The van der Waals surface area contributed by atoms with Crippen LogP contribution in [0, 0.1) is 0 Å². The first-order valence-corrected chi connectivity index (χ1v) is 6.55. The molecule has 1 heterocycles. The van der Waals surface area contributed by atoms with Crippen LogP contribution >= 0.6 is 0 Å². The summed E-state index contributed by atoms with van der Waals surface area (Å²) in [6.45, 7) is 0.503. The predicted octanol–water partition coefficient (Wildman–Crippen LogP) is 0.125. The van der Waals surface area contributed by atoms with E-state index in [0.29, 0.717) is 17.4 Å². The molecule has 0 amide bonds. The van der Waals surface area contributed by atoms with Gasteiger partial charge >= 0.3 is 7.12 Å². The second kappa shape index (κ2) is 5.51. The van der Waals surface area contributed by atoms with E-state index < -0.39 is 7.12 Å². The SMILES string of the molecule is O=c1cnn(Cc2ccc(B(O)O)cc2)c2ccccc12. The van der Waals surface area contributed by atoms with Crippen molar-refractivity contribution in [1.82, 2.24) is 9.78 Å². The van der Waals surface area contributed by atoms with Crippen LogP contribution in [0.25, 0.3) is 10.9 Å². The molecule has 0 aliphatic rings. The second-order valence-corrected chi connectivity index (χ2v) is 4.80. The van der Waals surface area contributed by atoms with Crippen molar-refractivity contribution in [1.29, 1.82) is 0 Å². The molecule has 0 saturated heterocycles. The molecule has 0 aliphatic carbocycles. The largest absolute Gasteiger partial charge is 0.488 e. The number of hydrogen-bond acceptors (Lipinski definition) is 4. The first kappa shape index (κ1) is 13.5. The lowest BCUT2D eigenvalue weighted by molar-refractivity contribution is 0.426. The van der Waals surface area contributed by atoms with Crippen molar-refractivity contribution in [3.63, 3.8) is 0 Å². The molecule has 1 aromatic heterocycles. The van der Waals surface area contributed by atoms with Gasteiger partial charge < -0.3 is 10.0 Å². The van der Waals surface area contributed by atoms with E-state index in [1.165, 1.54) is 6.20 Å². The molecular weight excluding hydrogens is 267 g/mol. The van der Waals surface area contributed by atoms with Crippen LogP contribution in [0.15, 0.2) is 59.5 Å². The first-order valence-electron chi connectivity index (χ1n) is 6.55. The second-order valence-electron chi connectivity index (χ2n) is 4.80. The lowest BCUT2D eigenvalue weighted by Crippen LogP contribution is -2.29. The lowest BCUT2D eigenvalue weighted by atomic mass is 9.80. The van der Waals surface area contributed by atoms with Crippen molar-refractivity contribution in [2.75, 3.05) is 0 Å². The molecule has 0 aliphatic heterocycles. The third-order valence-electron chi connectivity index (χ3n) is 3.37. The van der Waals surface area contributed by atoms with Crippen LogP contribution < -0.4 is 10.9 Å². The average molecular weight is 280 g/mol. The van der Waals surface area contributed by atoms with Gasteiger partial charge in [0.25, 0.3) is 0 Å². The van der Waals surface area contributed by atoms with Crippen molar-refractivity contribution in [3.8, 4) is 0 Å². The number of aromatic nitrogens is 2. The summed E-state index contributed by atoms with van der Waals surface area (Å²) in [6, 6.07) is 14.3. The fourth-order valence-corrected chi connectivity index (χ4v) is 2.26. The molecule has 2 N–H and O–H groups in total. The van der Waals surface area contributed by atoms with Crippen LogP contribution in [-0.4, -0.2) is 26.9 Å². The molecule has 2 aromatic carbocycles. The molecule has 3 rings (SSSR count). The molecular formula is C15H13BN2O3. The van der Waals surface area contributed by atoms with Crippen LogP contribution in [0.1, 0.15) is 5.56 Å². The molecule has 3 aromatic rings. The van der Waals surface area contributed by atoms with Gasteiger partial charge in [0.2, 0.25) is 5.43 Å². The van der Waals surface area contributed by atoms with Crippen molar-refractivity contribution in [2.24, 2.45) is 0 Å². The summed E-state index contributed by atoms with van der Waals surface area (Å²) in [5, 5.41) is 23.0. The number of benzene rings is 2. The van der Waals surface area contributed by atoms with Crippen LogP contribution in [0.3, 0.4) is 0 Å². The Bertz CT molecular complexity index is 828. The van der Waals surface area contributed by atoms with E-state index in [0.717, 1.165) is 11.1 Å². The molecule has 0 unspecified atom stereocenters. The minimum atomic E-state index is -1.47. The Morgan fingerprint density at radius 2 is 1.76 bits per heavy atom. The molecule has 0 spiro atoms. The van der Waals surface area contributed by atoms with Crippen LogP contribution in [0.4, 0.5) is 0 Å². The van der Waals surface area contributed by atoms with Crippen molar-refractivity contribution in [2.45, 2.75) is 6.54 Å². The van der Waals surface area contributed by atoms with E-state index in [4.69, 9.17) is 10.0 Å². The predicted molar refractivity (Wildman–Crippen MR) is 81.4 cm³/mol. The van der Waals surface area contributed by atoms with Crippen LogP contribution in [-0.2, 0) is 6.54 Å². The average Bonchev–Trinajstić information content (AvgIpc) is 2.51. The number of para-hydroxylation sites is 1. The Kier molecular flexibility index (Phi) is 3.56. The molecule has 0 saturated carbocycles. The molecule has 0 bridgehead atoms. The van der Waals surface area contributed by atoms with Crippen molar-refractivity contribution >= 4 is 23.5 Å². The highest BCUT2D eigenvalue weighted by Gasteiger charge is 2.10. The number of hydrogen-bond donors (Lipinski definition) is 2. The minimum absolute atomic E-state index is 0.0967. The minimum Gasteiger partial charge on any atom is -0.423 e. The zero-order valence-electron chi connectivity index (χ0n) is 11.2. The van der Waals surface area contributed by atoms with Crippen molar-refractivity contribution in [3.05, 3.63) is 70.5 Å². The summed E-state index contributed by atoms with van der Waals surface area (Å²) in [4.78, 5) is 11.8. The quantitative estimate of drug-likeness (QED) is 0.668. The fourth-order valence-electron chi connectivity index (χ4n) is 2.26. The smallest absolute Gasteiger partial charge is 0.423 e. The fraction of sp³-hybridized carbons (Fsp3) is 0.0667. The van der Waals surface area contributed by atoms with E-state index in [2.05, 4.69) is 5.10 Å². The van der Waals surface area contributed by atoms with Gasteiger partial charge in [-0.1, -0.05) is 36.4 Å². The summed E-state index contributed by atoms with van der Waals surface area (Å²) in [6.07, 6.45) is 1.31. The summed E-state index contributed by atoms with van der Waals surface area (Å²) in [5.74, 6) is 0. The lowest BCUT2D eigenvalue weighted by Gasteiger charge is -2.09. The van der Waals surface area contributed by atoms with E-state index in [1.54, 1.807) is 22.9 Å². The summed E-state index contributed by atoms with van der Waals surface area (Å²) in [5.41, 5.74) is 2.08. The summed E-state index contributed by atoms with van der Waals surface area (Å²) in [7, 11) is -1.47. The molecule has 21 heavy (non-hydrogen) atoms. The van der Waals surface area contributed by atoms with E-state index >= 15 is 0 Å².